The van der Waals surface area contributed by atoms with Crippen molar-refractivity contribution in [2.45, 2.75) is 13.5 Å². The van der Waals surface area contributed by atoms with E-state index in [4.69, 9.17) is 9.15 Å². The maximum atomic E-state index is 12.0. The fourth-order valence-corrected chi connectivity index (χ4v) is 3.54. The van der Waals surface area contributed by atoms with Crippen LogP contribution >= 0.6 is 0 Å². The van der Waals surface area contributed by atoms with E-state index in [2.05, 4.69) is 0 Å². The molecule has 3 aromatic carbocycles. The van der Waals surface area contributed by atoms with Gasteiger partial charge in [-0.3, -0.25) is 4.79 Å². The number of nitrogens with zero attached hydrogens (tertiary/aromatic N) is 1. The predicted octanol–water partition coefficient (Wildman–Crippen LogP) is 5.68. The Bertz CT molecular complexity index is 1260. The zero-order chi connectivity index (χ0) is 22.0. The van der Waals surface area contributed by atoms with Crippen LogP contribution in [0.5, 0.6) is 5.75 Å². The smallest absolute Gasteiger partial charge is 0.335 e. The summed E-state index contributed by atoms with van der Waals surface area (Å²) in [4.78, 5) is 25.5. The van der Waals surface area contributed by atoms with E-state index >= 15 is 0 Å². The number of carboxylic acids is 1. The predicted molar refractivity (Wildman–Crippen MR) is 118 cm³/mol. The Hall–Kier alpha value is -4.06. The molecular formula is C25H21NO5. The molecule has 1 aromatic heterocycles. The van der Waals surface area contributed by atoms with Gasteiger partial charge in [-0.15, -0.1) is 0 Å². The Balaban J connectivity index is 1.93. The maximum absolute atomic E-state index is 12.0. The molecule has 0 aliphatic heterocycles. The van der Waals surface area contributed by atoms with Gasteiger partial charge in [0.2, 0.25) is 0 Å². The Morgan fingerprint density at radius 2 is 1.77 bits per heavy atom. The number of Topliss-reactive ketones (excluding diaryl/α,β-unsaturated/α-hetero) is 1. The molecule has 0 spiro atoms. The van der Waals surface area contributed by atoms with Gasteiger partial charge in [-0.2, -0.15) is 0 Å². The molecule has 0 radical (unpaired) electrons. The number of hydrogen-bond acceptors (Lipinski definition) is 5. The summed E-state index contributed by atoms with van der Waals surface area (Å²) in [6, 6.07) is 22.0. The quantitative estimate of drug-likeness (QED) is 0.391. The van der Waals surface area contributed by atoms with Crippen molar-refractivity contribution in [3.05, 3.63) is 89.7 Å². The number of ketones is 1. The summed E-state index contributed by atoms with van der Waals surface area (Å²) in [6.07, 6.45) is 0. The summed E-state index contributed by atoms with van der Waals surface area (Å²) in [5.74, 6) is -0.430. The van der Waals surface area contributed by atoms with Gasteiger partial charge in [0.05, 0.1) is 18.4 Å². The molecular weight excluding hydrogens is 394 g/mol. The molecule has 0 amide bonds. The number of carbonyl (C=O) groups is 2. The van der Waals surface area contributed by atoms with Crippen LogP contribution in [0.4, 0.5) is 11.4 Å². The van der Waals surface area contributed by atoms with Crippen LogP contribution in [0.1, 0.15) is 33.4 Å². The fourth-order valence-electron chi connectivity index (χ4n) is 3.54. The molecule has 4 rings (SSSR count). The van der Waals surface area contributed by atoms with Gasteiger partial charge in [0.1, 0.15) is 0 Å². The molecule has 0 bridgehead atoms. The van der Waals surface area contributed by atoms with E-state index in [0.29, 0.717) is 29.0 Å². The molecule has 1 heterocycles. The molecule has 6 heteroatoms. The minimum atomic E-state index is -0.997. The topological polar surface area (TPSA) is 80.0 Å². The van der Waals surface area contributed by atoms with E-state index in [1.807, 2.05) is 47.4 Å². The normalized spacial score (nSPS) is 10.8. The van der Waals surface area contributed by atoms with Crippen LogP contribution in [0.2, 0.25) is 0 Å². The minimum Gasteiger partial charge on any atom is -0.493 e. The number of furan rings is 1. The lowest BCUT2D eigenvalue weighted by atomic mass is 10.1. The van der Waals surface area contributed by atoms with Crippen molar-refractivity contribution in [3.8, 4) is 5.75 Å². The van der Waals surface area contributed by atoms with E-state index in [9.17, 15) is 14.7 Å². The van der Waals surface area contributed by atoms with Crippen LogP contribution in [-0.4, -0.2) is 24.0 Å². The third kappa shape index (κ3) is 4.00. The van der Waals surface area contributed by atoms with Crippen molar-refractivity contribution >= 4 is 34.1 Å². The SMILES string of the molecule is COc1ccc(N(Cc2ccccc2)c2cccc(C(=O)O)c2)c2cc(C(C)=O)oc12. The lowest BCUT2D eigenvalue weighted by Gasteiger charge is -2.26. The van der Waals surface area contributed by atoms with Gasteiger partial charge in [0.15, 0.2) is 22.9 Å². The Labute approximate surface area is 179 Å². The number of methoxy groups -OCH3 is 1. The van der Waals surface area contributed by atoms with Crippen LogP contribution in [0.25, 0.3) is 11.0 Å². The first-order chi connectivity index (χ1) is 15.0. The summed E-state index contributed by atoms with van der Waals surface area (Å²) < 4.78 is 11.2. The van der Waals surface area contributed by atoms with Crippen molar-refractivity contribution in [1.82, 2.24) is 0 Å². The first-order valence-corrected chi connectivity index (χ1v) is 9.74. The second-order valence-corrected chi connectivity index (χ2v) is 7.12. The lowest BCUT2D eigenvalue weighted by molar-refractivity contribution is 0.0696. The molecule has 0 saturated heterocycles. The molecule has 0 fully saturated rings. The number of rotatable bonds is 7. The van der Waals surface area contributed by atoms with Gasteiger partial charge < -0.3 is 19.2 Å². The number of hydrogen-bond donors (Lipinski definition) is 1. The molecule has 0 aliphatic carbocycles. The summed E-state index contributed by atoms with van der Waals surface area (Å²) in [5.41, 5.74) is 3.19. The van der Waals surface area contributed by atoms with Crippen molar-refractivity contribution < 1.29 is 23.8 Å². The van der Waals surface area contributed by atoms with Gasteiger partial charge in [-0.25, -0.2) is 4.79 Å². The van der Waals surface area contributed by atoms with Gasteiger partial charge in [-0.1, -0.05) is 36.4 Å². The highest BCUT2D eigenvalue weighted by atomic mass is 16.5. The van der Waals surface area contributed by atoms with Crippen LogP contribution < -0.4 is 9.64 Å². The lowest BCUT2D eigenvalue weighted by Crippen LogP contribution is -2.17. The fraction of sp³-hybridized carbons (Fsp3) is 0.120. The number of aromatic carboxylic acids is 1. The molecule has 0 aliphatic rings. The summed E-state index contributed by atoms with van der Waals surface area (Å²) in [6.45, 7) is 1.94. The maximum Gasteiger partial charge on any atom is 0.335 e. The highest BCUT2D eigenvalue weighted by Crippen LogP contribution is 2.40. The largest absolute Gasteiger partial charge is 0.493 e. The number of benzene rings is 3. The summed E-state index contributed by atoms with van der Waals surface area (Å²) >= 11 is 0. The molecule has 0 atom stereocenters. The van der Waals surface area contributed by atoms with Crippen molar-refractivity contribution in [3.63, 3.8) is 0 Å². The van der Waals surface area contributed by atoms with Gasteiger partial charge in [0.25, 0.3) is 0 Å². The molecule has 6 nitrogen and oxygen atoms in total. The zero-order valence-corrected chi connectivity index (χ0v) is 17.2. The van der Waals surface area contributed by atoms with Gasteiger partial charge in [-0.05, 0) is 42.0 Å². The van der Waals surface area contributed by atoms with E-state index in [1.165, 1.54) is 6.92 Å². The Kier molecular flexibility index (Phi) is 5.45. The standard InChI is InChI=1S/C25H21NO5/c1-16(27)23-14-20-21(11-12-22(30-2)24(20)31-23)26(15-17-7-4-3-5-8-17)19-10-6-9-18(13-19)25(28)29/h3-14H,15H2,1-2H3,(H,28,29). The first kappa shape index (κ1) is 20.2. The van der Waals surface area contributed by atoms with Crippen LogP contribution in [-0.2, 0) is 6.54 Å². The van der Waals surface area contributed by atoms with Crippen LogP contribution in [0.15, 0.2) is 77.2 Å². The average molecular weight is 415 g/mol. The first-order valence-electron chi connectivity index (χ1n) is 9.74. The van der Waals surface area contributed by atoms with Crippen molar-refractivity contribution in [1.29, 1.82) is 0 Å². The second-order valence-electron chi connectivity index (χ2n) is 7.12. The third-order valence-corrected chi connectivity index (χ3v) is 5.07. The molecule has 1 N–H and O–H groups in total. The summed E-state index contributed by atoms with van der Waals surface area (Å²) in [5, 5.41) is 10.2. The number of fused-ring (bicyclic) bond motifs is 1. The number of carboxylic acid groups (broad SMARTS) is 1. The van der Waals surface area contributed by atoms with Crippen molar-refractivity contribution in [2.24, 2.45) is 0 Å². The number of anilines is 2. The average Bonchev–Trinajstić information content (AvgIpc) is 3.24. The minimum absolute atomic E-state index is 0.188. The van der Waals surface area contributed by atoms with Crippen LogP contribution in [0, 0.1) is 0 Å². The molecule has 156 valence electrons. The van der Waals surface area contributed by atoms with Gasteiger partial charge >= 0.3 is 5.97 Å². The molecule has 4 aromatic rings. The molecule has 0 saturated carbocycles. The number of carbonyl (C=O) groups excluding carboxylic acids is 1. The Morgan fingerprint density at radius 3 is 2.45 bits per heavy atom. The third-order valence-electron chi connectivity index (χ3n) is 5.07. The summed E-state index contributed by atoms with van der Waals surface area (Å²) in [7, 11) is 1.54. The monoisotopic (exact) mass is 415 g/mol. The highest BCUT2D eigenvalue weighted by molar-refractivity contribution is 6.03. The highest BCUT2D eigenvalue weighted by Gasteiger charge is 2.21. The molecule has 0 unspecified atom stereocenters. The second kappa shape index (κ2) is 8.36. The molecule has 31 heavy (non-hydrogen) atoms. The Morgan fingerprint density at radius 1 is 1.00 bits per heavy atom. The van der Waals surface area contributed by atoms with E-state index in [0.717, 1.165) is 11.3 Å². The zero-order valence-electron chi connectivity index (χ0n) is 17.2. The van der Waals surface area contributed by atoms with E-state index < -0.39 is 5.97 Å². The van der Waals surface area contributed by atoms with Crippen LogP contribution in [0.3, 0.4) is 0 Å². The van der Waals surface area contributed by atoms with E-state index in [-0.39, 0.29) is 17.1 Å². The van der Waals surface area contributed by atoms with Gasteiger partial charge in [0, 0.05) is 24.5 Å². The number of ether oxygens (including phenoxy) is 1. The van der Waals surface area contributed by atoms with Crippen molar-refractivity contribution in [2.75, 3.05) is 12.0 Å². The van der Waals surface area contributed by atoms with E-state index in [1.54, 1.807) is 37.4 Å².